The number of carbonyl (C=O) groups excluding carboxylic acids is 2. The highest BCUT2D eigenvalue weighted by atomic mass is 35.5. The van der Waals surface area contributed by atoms with Gasteiger partial charge in [0.15, 0.2) is 0 Å². The molecule has 3 aromatic carbocycles. The van der Waals surface area contributed by atoms with E-state index in [-0.39, 0.29) is 24.8 Å². The summed E-state index contributed by atoms with van der Waals surface area (Å²) in [6, 6.07) is 18.4. The number of hydrogen-bond acceptors (Lipinski definition) is 5. The molecule has 2 amide bonds. The minimum absolute atomic E-state index is 0.181. The zero-order valence-corrected chi connectivity index (χ0v) is 25.4. The highest BCUT2D eigenvalue weighted by Gasteiger charge is 2.40. The molecular formula is C32H35Cl2N3O5. The number of halogens is 2. The molecule has 10 heteroatoms. The zero-order chi connectivity index (χ0) is 30.4. The first kappa shape index (κ1) is 31.3. The quantitative estimate of drug-likeness (QED) is 0.307. The van der Waals surface area contributed by atoms with Crippen LogP contribution in [0.15, 0.2) is 66.7 Å². The molecule has 0 spiro atoms. The summed E-state index contributed by atoms with van der Waals surface area (Å²) in [6.45, 7) is 3.67. The lowest BCUT2D eigenvalue weighted by atomic mass is 9.86. The van der Waals surface area contributed by atoms with Crippen molar-refractivity contribution < 1.29 is 24.2 Å². The van der Waals surface area contributed by atoms with E-state index in [1.54, 1.807) is 70.5 Å². The molecule has 1 N–H and O–H groups in total. The largest absolute Gasteiger partial charge is 0.492 e. The van der Waals surface area contributed by atoms with Crippen molar-refractivity contribution in [3.8, 4) is 5.75 Å². The fourth-order valence-electron chi connectivity index (χ4n) is 5.22. The average molecular weight is 613 g/mol. The van der Waals surface area contributed by atoms with Crippen LogP contribution in [-0.4, -0.2) is 79.1 Å². The minimum Gasteiger partial charge on any atom is -0.492 e. The summed E-state index contributed by atoms with van der Waals surface area (Å²) in [5, 5.41) is 10.8. The average Bonchev–Trinajstić information content (AvgIpc) is 2.96. The number of likely N-dealkylation sites (tertiary alicyclic amines) is 1. The first-order valence-electron chi connectivity index (χ1n) is 13.8. The van der Waals surface area contributed by atoms with Gasteiger partial charge >= 0.3 is 5.97 Å². The summed E-state index contributed by atoms with van der Waals surface area (Å²) < 4.78 is 5.74. The highest BCUT2D eigenvalue weighted by molar-refractivity contribution is 6.32. The number of carbonyl (C=O) groups is 3. The summed E-state index contributed by atoms with van der Waals surface area (Å²) >= 11 is 12.5. The van der Waals surface area contributed by atoms with Gasteiger partial charge in [-0.2, -0.15) is 0 Å². The molecule has 8 nitrogen and oxygen atoms in total. The lowest BCUT2D eigenvalue weighted by Crippen LogP contribution is -2.55. The molecule has 4 rings (SSSR count). The van der Waals surface area contributed by atoms with Gasteiger partial charge in [-0.05, 0) is 93.7 Å². The van der Waals surface area contributed by atoms with E-state index in [0.717, 1.165) is 6.54 Å². The zero-order valence-electron chi connectivity index (χ0n) is 23.9. The predicted octanol–water partition coefficient (Wildman–Crippen LogP) is 5.89. The summed E-state index contributed by atoms with van der Waals surface area (Å²) in [5.74, 6) is -1.34. The summed E-state index contributed by atoms with van der Waals surface area (Å²) in [7, 11) is 3.93. The maximum atomic E-state index is 14.0. The third-order valence-corrected chi connectivity index (χ3v) is 8.13. The molecule has 1 aliphatic heterocycles. The van der Waals surface area contributed by atoms with E-state index in [2.05, 4.69) is 0 Å². The number of aliphatic carboxylic acids is 1. The van der Waals surface area contributed by atoms with Crippen LogP contribution in [0.4, 0.5) is 5.69 Å². The van der Waals surface area contributed by atoms with Gasteiger partial charge in [0.25, 0.3) is 11.8 Å². The number of anilines is 1. The molecule has 0 bridgehead atoms. The Kier molecular flexibility index (Phi) is 10.5. The number of benzene rings is 3. The number of likely N-dealkylation sites (N-methyl/N-ethyl adjacent to an activating group) is 1. The van der Waals surface area contributed by atoms with Gasteiger partial charge in [-0.25, -0.2) is 0 Å². The molecule has 0 radical (unpaired) electrons. The lowest BCUT2D eigenvalue weighted by molar-refractivity contribution is -0.138. The van der Waals surface area contributed by atoms with Gasteiger partial charge < -0.3 is 24.5 Å². The van der Waals surface area contributed by atoms with Crippen molar-refractivity contribution >= 4 is 46.7 Å². The number of carboxylic acids is 1. The second-order valence-corrected chi connectivity index (χ2v) is 11.6. The van der Waals surface area contributed by atoms with Gasteiger partial charge in [0.1, 0.15) is 12.4 Å². The molecular weight excluding hydrogens is 577 g/mol. The van der Waals surface area contributed by atoms with E-state index in [4.69, 9.17) is 27.9 Å². The first-order chi connectivity index (χ1) is 20.0. The Hall–Kier alpha value is -3.59. The number of nitrogens with zero attached hydrogens (tertiary/aromatic N) is 3. The van der Waals surface area contributed by atoms with Crippen molar-refractivity contribution in [1.29, 1.82) is 0 Å². The molecule has 1 heterocycles. The van der Waals surface area contributed by atoms with E-state index in [0.29, 0.717) is 57.7 Å². The van der Waals surface area contributed by atoms with Crippen LogP contribution in [0.25, 0.3) is 0 Å². The van der Waals surface area contributed by atoms with Crippen LogP contribution in [0.5, 0.6) is 5.75 Å². The molecule has 0 unspecified atom stereocenters. The first-order valence-corrected chi connectivity index (χ1v) is 14.5. The fourth-order valence-corrected chi connectivity index (χ4v) is 5.51. The van der Waals surface area contributed by atoms with Crippen LogP contribution in [0.3, 0.4) is 0 Å². The molecule has 0 aliphatic carbocycles. The molecule has 1 saturated heterocycles. The highest BCUT2D eigenvalue weighted by Crippen LogP contribution is 2.35. The van der Waals surface area contributed by atoms with Gasteiger partial charge in [-0.15, -0.1) is 0 Å². The monoisotopic (exact) mass is 611 g/mol. The van der Waals surface area contributed by atoms with Crippen molar-refractivity contribution in [2.24, 2.45) is 5.92 Å². The lowest BCUT2D eigenvalue weighted by Gasteiger charge is -2.44. The molecule has 3 aromatic rings. The second-order valence-electron chi connectivity index (χ2n) is 10.7. The smallest absolute Gasteiger partial charge is 0.303 e. The van der Waals surface area contributed by atoms with Crippen LogP contribution in [0.2, 0.25) is 10.0 Å². The van der Waals surface area contributed by atoms with E-state index in [1.165, 1.54) is 0 Å². The molecule has 222 valence electrons. The Morgan fingerprint density at radius 3 is 2.29 bits per heavy atom. The third kappa shape index (κ3) is 7.62. The van der Waals surface area contributed by atoms with E-state index >= 15 is 0 Å². The standard InChI is InChI=1S/C32H35Cl2N3O5/c1-21-27(34)5-4-6-28(21)37(32(41)23-7-11-25(33)12-8-23)29-15-16-36(20-24(29)19-30(38)39)31(40)22-9-13-26(14-10-22)42-18-17-35(2)3/h4-14,24,29H,15-20H2,1-3H3,(H,38,39)/t24-,29+/m0/s1. The minimum atomic E-state index is -1.000. The second kappa shape index (κ2) is 14.1. The van der Waals surface area contributed by atoms with Crippen LogP contribution in [-0.2, 0) is 4.79 Å². The number of hydrogen-bond donors (Lipinski definition) is 1. The van der Waals surface area contributed by atoms with Crippen LogP contribution >= 0.6 is 23.2 Å². The van der Waals surface area contributed by atoms with Crippen molar-refractivity contribution in [3.05, 3.63) is 93.5 Å². The Labute approximate surface area is 256 Å². The van der Waals surface area contributed by atoms with Gasteiger partial charge in [0, 0.05) is 58.5 Å². The Morgan fingerprint density at radius 1 is 0.976 bits per heavy atom. The van der Waals surface area contributed by atoms with Gasteiger partial charge in [0.2, 0.25) is 0 Å². The number of amides is 2. The molecule has 1 fully saturated rings. The summed E-state index contributed by atoms with van der Waals surface area (Å²) in [5.41, 5.74) is 2.22. The van der Waals surface area contributed by atoms with Crippen molar-refractivity contribution in [3.63, 3.8) is 0 Å². The summed E-state index contributed by atoms with van der Waals surface area (Å²) in [6.07, 6.45) is 0.178. The van der Waals surface area contributed by atoms with Crippen LogP contribution in [0.1, 0.15) is 39.1 Å². The maximum absolute atomic E-state index is 14.0. The van der Waals surface area contributed by atoms with Crippen LogP contribution in [0, 0.1) is 12.8 Å². The number of carboxylic acid groups (broad SMARTS) is 1. The van der Waals surface area contributed by atoms with Crippen molar-refractivity contribution in [2.75, 3.05) is 45.2 Å². The van der Waals surface area contributed by atoms with Gasteiger partial charge in [-0.1, -0.05) is 29.3 Å². The maximum Gasteiger partial charge on any atom is 0.303 e. The van der Waals surface area contributed by atoms with Gasteiger partial charge in [-0.3, -0.25) is 14.4 Å². The molecule has 1 aliphatic rings. The molecule has 0 saturated carbocycles. The van der Waals surface area contributed by atoms with Crippen molar-refractivity contribution in [1.82, 2.24) is 9.80 Å². The predicted molar refractivity (Wildman–Crippen MR) is 165 cm³/mol. The number of rotatable bonds is 10. The Bertz CT molecular complexity index is 1410. The SMILES string of the molecule is Cc1c(Cl)cccc1N(C(=O)c1ccc(Cl)cc1)[C@@H]1CCN(C(=O)c2ccc(OCCN(C)C)cc2)C[C@@H]1CC(=O)O. The van der Waals surface area contributed by atoms with E-state index in [9.17, 15) is 19.5 Å². The Balaban J connectivity index is 1.60. The van der Waals surface area contributed by atoms with E-state index in [1.807, 2.05) is 32.0 Å². The summed E-state index contributed by atoms with van der Waals surface area (Å²) in [4.78, 5) is 44.9. The fraction of sp³-hybridized carbons (Fsp3) is 0.344. The van der Waals surface area contributed by atoms with Gasteiger partial charge in [0.05, 0.1) is 6.42 Å². The molecule has 2 atom stereocenters. The Morgan fingerprint density at radius 2 is 1.64 bits per heavy atom. The van der Waals surface area contributed by atoms with Crippen LogP contribution < -0.4 is 9.64 Å². The number of ether oxygens (including phenoxy) is 1. The topological polar surface area (TPSA) is 90.4 Å². The molecule has 0 aromatic heterocycles. The van der Waals surface area contributed by atoms with Crippen molar-refractivity contribution in [2.45, 2.75) is 25.8 Å². The number of piperidine rings is 1. The van der Waals surface area contributed by atoms with E-state index < -0.39 is 17.9 Å². The third-order valence-electron chi connectivity index (χ3n) is 7.47. The normalized spacial score (nSPS) is 16.8. The molecule has 42 heavy (non-hydrogen) atoms.